The minimum atomic E-state index is -0.555. The van der Waals surface area contributed by atoms with Gasteiger partial charge in [0.05, 0.1) is 13.2 Å². The van der Waals surface area contributed by atoms with Crippen LogP contribution in [0.1, 0.15) is 29.9 Å². The number of hydrogen-bond donors (Lipinski definition) is 1. The Balaban J connectivity index is 1.84. The molecule has 0 radical (unpaired) electrons. The van der Waals surface area contributed by atoms with Crippen LogP contribution in [0.4, 0.5) is 4.39 Å². The van der Waals surface area contributed by atoms with Crippen LogP contribution in [-0.2, 0) is 11.3 Å². The third-order valence-electron chi connectivity index (χ3n) is 3.84. The fraction of sp³-hybridized carbons (Fsp3) is 0.250. The van der Waals surface area contributed by atoms with E-state index in [1.807, 2.05) is 6.92 Å². The second kappa shape index (κ2) is 8.98. The van der Waals surface area contributed by atoms with Gasteiger partial charge in [0.25, 0.3) is 0 Å². The molecular formula is C20H20FN3O4. The predicted octanol–water partition coefficient (Wildman–Crippen LogP) is 3.77. The van der Waals surface area contributed by atoms with Crippen LogP contribution in [0.5, 0.6) is 11.5 Å². The fourth-order valence-corrected chi connectivity index (χ4v) is 2.56. The number of carbonyl (C=O) groups excluding carboxylic acids is 1. The van der Waals surface area contributed by atoms with Crippen molar-refractivity contribution in [3.63, 3.8) is 0 Å². The van der Waals surface area contributed by atoms with Crippen molar-refractivity contribution < 1.29 is 23.4 Å². The lowest BCUT2D eigenvalue weighted by atomic mass is 10.1. The molecule has 0 atom stereocenters. The zero-order valence-electron chi connectivity index (χ0n) is 15.6. The van der Waals surface area contributed by atoms with Crippen LogP contribution in [0, 0.1) is 5.82 Å². The molecule has 0 fully saturated rings. The normalized spacial score (nSPS) is 10.5. The lowest BCUT2D eigenvalue weighted by molar-refractivity contribution is 0.0520. The van der Waals surface area contributed by atoms with E-state index in [-0.39, 0.29) is 24.7 Å². The van der Waals surface area contributed by atoms with E-state index in [9.17, 15) is 9.18 Å². The number of H-pyrrole nitrogens is 1. The topological polar surface area (TPSA) is 86.3 Å². The molecule has 1 aromatic heterocycles. The van der Waals surface area contributed by atoms with Crippen LogP contribution in [0.15, 0.2) is 42.5 Å². The Hall–Kier alpha value is -3.42. The first-order valence-corrected chi connectivity index (χ1v) is 8.84. The minimum absolute atomic E-state index is 0.101. The average Bonchev–Trinajstić information content (AvgIpc) is 3.19. The third kappa shape index (κ3) is 4.46. The number of hydrogen-bond acceptors (Lipinski definition) is 6. The molecule has 8 heteroatoms. The number of benzene rings is 2. The lowest BCUT2D eigenvalue weighted by Crippen LogP contribution is -2.07. The van der Waals surface area contributed by atoms with E-state index in [4.69, 9.17) is 14.2 Å². The highest BCUT2D eigenvalue weighted by Gasteiger charge is 2.20. The number of aromatic amines is 1. The quantitative estimate of drug-likeness (QED) is 0.594. The van der Waals surface area contributed by atoms with Gasteiger partial charge in [-0.1, -0.05) is 12.1 Å². The van der Waals surface area contributed by atoms with Crippen LogP contribution in [-0.4, -0.2) is 34.6 Å². The number of esters is 1. The van der Waals surface area contributed by atoms with Crippen molar-refractivity contribution >= 4 is 5.97 Å². The zero-order valence-corrected chi connectivity index (χ0v) is 15.6. The Morgan fingerprint density at radius 3 is 2.50 bits per heavy atom. The van der Waals surface area contributed by atoms with Gasteiger partial charge in [0, 0.05) is 5.56 Å². The fourth-order valence-electron chi connectivity index (χ4n) is 2.56. The molecule has 1 heterocycles. The number of nitrogens with zero attached hydrogens (tertiary/aromatic N) is 2. The highest BCUT2D eigenvalue weighted by atomic mass is 19.1. The van der Waals surface area contributed by atoms with Gasteiger partial charge in [0.1, 0.15) is 18.1 Å². The van der Waals surface area contributed by atoms with E-state index in [0.29, 0.717) is 29.4 Å². The first-order valence-electron chi connectivity index (χ1n) is 8.84. The van der Waals surface area contributed by atoms with Crippen molar-refractivity contribution in [2.24, 2.45) is 0 Å². The van der Waals surface area contributed by atoms with Gasteiger partial charge in [-0.3, -0.25) is 0 Å². The predicted molar refractivity (Wildman–Crippen MR) is 99.7 cm³/mol. The largest absolute Gasteiger partial charge is 0.490 e. The van der Waals surface area contributed by atoms with Crippen molar-refractivity contribution in [3.8, 4) is 22.8 Å². The lowest BCUT2D eigenvalue weighted by Gasteiger charge is -2.13. The van der Waals surface area contributed by atoms with Crippen molar-refractivity contribution in [1.82, 2.24) is 15.4 Å². The number of aromatic nitrogens is 3. The summed E-state index contributed by atoms with van der Waals surface area (Å²) < 4.78 is 29.5. The Labute approximate surface area is 161 Å². The van der Waals surface area contributed by atoms with Gasteiger partial charge in [-0.25, -0.2) is 9.18 Å². The molecule has 0 saturated heterocycles. The number of rotatable bonds is 8. The smallest absolute Gasteiger partial charge is 0.361 e. The molecule has 0 aliphatic carbocycles. The molecule has 1 N–H and O–H groups in total. The minimum Gasteiger partial charge on any atom is -0.490 e. The zero-order chi connectivity index (χ0) is 19.9. The summed E-state index contributed by atoms with van der Waals surface area (Å²) in [5.41, 5.74) is 1.93. The van der Waals surface area contributed by atoms with E-state index in [0.717, 1.165) is 5.56 Å². The molecule has 28 heavy (non-hydrogen) atoms. The first-order chi connectivity index (χ1) is 13.6. The number of halogens is 1. The molecule has 2 aromatic carbocycles. The van der Waals surface area contributed by atoms with Gasteiger partial charge in [0.2, 0.25) is 0 Å². The monoisotopic (exact) mass is 385 g/mol. The molecule has 0 spiro atoms. The molecule has 0 unspecified atom stereocenters. The summed E-state index contributed by atoms with van der Waals surface area (Å²) >= 11 is 0. The summed E-state index contributed by atoms with van der Waals surface area (Å²) in [6.45, 7) is 4.51. The summed E-state index contributed by atoms with van der Waals surface area (Å²) in [7, 11) is 0. The van der Waals surface area contributed by atoms with Crippen molar-refractivity contribution in [1.29, 1.82) is 0 Å². The Bertz CT molecular complexity index is 941. The Morgan fingerprint density at radius 2 is 1.79 bits per heavy atom. The van der Waals surface area contributed by atoms with Gasteiger partial charge in [-0.2, -0.15) is 10.3 Å². The maximum Gasteiger partial charge on any atom is 0.361 e. The van der Waals surface area contributed by atoms with Crippen molar-refractivity contribution in [2.45, 2.75) is 20.5 Å². The number of ether oxygens (including phenoxy) is 3. The van der Waals surface area contributed by atoms with E-state index in [1.165, 1.54) is 12.1 Å². The van der Waals surface area contributed by atoms with Crippen molar-refractivity contribution in [2.75, 3.05) is 13.2 Å². The van der Waals surface area contributed by atoms with Crippen molar-refractivity contribution in [3.05, 3.63) is 59.5 Å². The molecule has 3 rings (SSSR count). The maximum atomic E-state index is 13.0. The molecule has 146 valence electrons. The number of carbonyl (C=O) groups is 1. The molecule has 0 aliphatic rings. The van der Waals surface area contributed by atoms with Gasteiger partial charge in [-0.15, -0.1) is 5.10 Å². The van der Waals surface area contributed by atoms with E-state index >= 15 is 0 Å². The van der Waals surface area contributed by atoms with Gasteiger partial charge in [-0.05, 0) is 49.7 Å². The summed E-state index contributed by atoms with van der Waals surface area (Å²) in [5, 5.41) is 10.4. The Kier molecular flexibility index (Phi) is 6.21. The van der Waals surface area contributed by atoms with Crippen LogP contribution in [0.3, 0.4) is 0 Å². The highest BCUT2D eigenvalue weighted by molar-refractivity contribution is 5.94. The summed E-state index contributed by atoms with van der Waals surface area (Å²) in [6, 6.07) is 11.3. The second-order valence-electron chi connectivity index (χ2n) is 5.75. The number of nitrogens with one attached hydrogen (secondary N) is 1. The Morgan fingerprint density at radius 1 is 1.00 bits per heavy atom. The highest BCUT2D eigenvalue weighted by Crippen LogP contribution is 2.33. The summed E-state index contributed by atoms with van der Waals surface area (Å²) in [4.78, 5) is 12.0. The summed E-state index contributed by atoms with van der Waals surface area (Å²) in [5.74, 6) is 0.171. The van der Waals surface area contributed by atoms with Crippen LogP contribution in [0.2, 0.25) is 0 Å². The molecule has 0 bridgehead atoms. The standard InChI is InChI=1S/C20H20FN3O4/c1-3-26-17-11-14(18-19(23-24-22-18)20(25)27-4-2)7-10-16(17)28-12-13-5-8-15(21)9-6-13/h5-11H,3-4,12H2,1-2H3,(H,22,23,24). The molecule has 3 aromatic rings. The molecule has 0 aliphatic heterocycles. The molecule has 7 nitrogen and oxygen atoms in total. The first kappa shape index (κ1) is 19.3. The van der Waals surface area contributed by atoms with E-state index in [1.54, 1.807) is 37.3 Å². The molecular weight excluding hydrogens is 365 g/mol. The third-order valence-corrected chi connectivity index (χ3v) is 3.84. The second-order valence-corrected chi connectivity index (χ2v) is 5.75. The van der Waals surface area contributed by atoms with Gasteiger partial charge >= 0.3 is 5.97 Å². The SMILES string of the molecule is CCOC(=O)c1n[nH]nc1-c1ccc(OCc2ccc(F)cc2)c(OCC)c1. The van der Waals surface area contributed by atoms with Gasteiger partial charge < -0.3 is 14.2 Å². The van der Waals surface area contributed by atoms with Crippen LogP contribution >= 0.6 is 0 Å². The van der Waals surface area contributed by atoms with Crippen LogP contribution in [0.25, 0.3) is 11.3 Å². The van der Waals surface area contributed by atoms with E-state index in [2.05, 4.69) is 15.4 Å². The van der Waals surface area contributed by atoms with Crippen LogP contribution < -0.4 is 9.47 Å². The molecule has 0 amide bonds. The average molecular weight is 385 g/mol. The molecule has 0 saturated carbocycles. The van der Waals surface area contributed by atoms with E-state index < -0.39 is 5.97 Å². The maximum absolute atomic E-state index is 13.0. The van der Waals surface area contributed by atoms with Gasteiger partial charge in [0.15, 0.2) is 17.2 Å². The summed E-state index contributed by atoms with van der Waals surface area (Å²) in [6.07, 6.45) is 0.